The molecule has 0 unspecified atom stereocenters. The van der Waals surface area contributed by atoms with E-state index in [2.05, 4.69) is 10.1 Å². The van der Waals surface area contributed by atoms with Crippen molar-refractivity contribution in [3.05, 3.63) is 29.7 Å². The Bertz CT molecular complexity index is 559. The molecule has 0 radical (unpaired) electrons. The molecule has 0 bridgehead atoms. The van der Waals surface area contributed by atoms with Crippen LogP contribution in [0.25, 0.3) is 5.65 Å². The maximum Gasteiger partial charge on any atom is 0.420 e. The molecule has 2 aromatic rings. The number of hydrogen-bond donors (Lipinski definition) is 0. The molecule has 0 amide bonds. The van der Waals surface area contributed by atoms with Crippen molar-refractivity contribution in [1.82, 2.24) is 14.6 Å². The third-order valence-corrected chi connectivity index (χ3v) is 2.07. The maximum atomic E-state index is 12.6. The summed E-state index contributed by atoms with van der Waals surface area (Å²) in [6.07, 6.45) is -2.44. The predicted octanol–water partition coefficient (Wildman–Crippen LogP) is 1.95. The van der Waals surface area contributed by atoms with Gasteiger partial charge in [-0.2, -0.15) is 18.3 Å². The average Bonchev–Trinajstić information content (AvgIpc) is 2.58. The Morgan fingerprint density at radius 1 is 1.44 bits per heavy atom. The molecule has 2 aromatic heterocycles. The molecule has 2 rings (SSSR count). The van der Waals surface area contributed by atoms with Crippen LogP contribution in [0.3, 0.4) is 0 Å². The van der Waals surface area contributed by atoms with Gasteiger partial charge in [-0.05, 0) is 6.07 Å². The summed E-state index contributed by atoms with van der Waals surface area (Å²) in [5, 5.41) is 3.67. The second kappa shape index (κ2) is 3.29. The quantitative estimate of drug-likeness (QED) is 0.702. The third-order valence-electron chi connectivity index (χ3n) is 2.07. The number of alkyl halides is 3. The van der Waals surface area contributed by atoms with Crippen LogP contribution in [0.1, 0.15) is 23.0 Å². The second-order valence-electron chi connectivity index (χ2n) is 3.18. The van der Waals surface area contributed by atoms with Crippen LogP contribution in [0.5, 0.6) is 0 Å². The number of hydrogen-bond acceptors (Lipinski definition) is 3. The molecule has 0 spiro atoms. The van der Waals surface area contributed by atoms with Crippen LogP contribution in [-0.4, -0.2) is 20.4 Å². The first kappa shape index (κ1) is 10.6. The number of carbonyl (C=O) groups is 1. The minimum absolute atomic E-state index is 0.0288. The van der Waals surface area contributed by atoms with Crippen LogP contribution >= 0.6 is 0 Å². The first-order valence-corrected chi connectivity index (χ1v) is 4.32. The van der Waals surface area contributed by atoms with Gasteiger partial charge in [-0.1, -0.05) is 0 Å². The van der Waals surface area contributed by atoms with E-state index in [1.54, 1.807) is 0 Å². The minimum Gasteiger partial charge on any atom is -0.293 e. The summed E-state index contributed by atoms with van der Waals surface area (Å²) >= 11 is 0. The molecule has 0 saturated heterocycles. The number of halogens is 3. The van der Waals surface area contributed by atoms with Gasteiger partial charge in [-0.3, -0.25) is 4.79 Å². The number of aromatic nitrogens is 3. The summed E-state index contributed by atoms with van der Waals surface area (Å²) in [5.41, 5.74) is -1.24. The summed E-state index contributed by atoms with van der Waals surface area (Å²) in [5.74, 6) is -0.390. The zero-order valence-electron chi connectivity index (χ0n) is 8.12. The van der Waals surface area contributed by atoms with Crippen molar-refractivity contribution in [2.24, 2.45) is 0 Å². The Hall–Kier alpha value is -1.92. The highest BCUT2D eigenvalue weighted by Gasteiger charge is 2.34. The molecule has 0 saturated carbocycles. The zero-order chi connectivity index (χ0) is 11.9. The van der Waals surface area contributed by atoms with Crippen LogP contribution < -0.4 is 0 Å². The Labute approximate surface area is 87.7 Å². The lowest BCUT2D eigenvalue weighted by Crippen LogP contribution is -2.10. The van der Waals surface area contributed by atoms with Gasteiger partial charge in [-0.25, -0.2) is 9.50 Å². The highest BCUT2D eigenvalue weighted by molar-refractivity contribution is 5.93. The molecule has 0 aliphatic heterocycles. The van der Waals surface area contributed by atoms with Crippen molar-refractivity contribution in [1.29, 1.82) is 0 Å². The highest BCUT2D eigenvalue weighted by atomic mass is 19.4. The van der Waals surface area contributed by atoms with Crippen molar-refractivity contribution in [2.45, 2.75) is 13.1 Å². The fraction of sp³-hybridized carbons (Fsp3) is 0.222. The van der Waals surface area contributed by atoms with Crippen LogP contribution in [0, 0.1) is 0 Å². The molecule has 0 aliphatic rings. The number of Topliss-reactive ketones (excluding diaryl/α,β-unsaturated/α-hetero) is 1. The molecule has 0 N–H and O–H groups in total. The molecule has 7 heteroatoms. The first-order valence-electron chi connectivity index (χ1n) is 4.32. The molecule has 0 aliphatic carbocycles. The number of imidazole rings is 1. The summed E-state index contributed by atoms with van der Waals surface area (Å²) in [6.45, 7) is 1.24. The van der Waals surface area contributed by atoms with Gasteiger partial charge in [0.05, 0.1) is 6.20 Å². The lowest BCUT2D eigenvalue weighted by Gasteiger charge is -2.06. The van der Waals surface area contributed by atoms with E-state index in [4.69, 9.17) is 0 Å². The van der Waals surface area contributed by atoms with Crippen LogP contribution in [0.4, 0.5) is 13.2 Å². The minimum atomic E-state index is -4.51. The standard InChI is InChI=1S/C9H6F3N3O/c1-5(16)7-4-13-8-6(9(10,11)12)2-3-14-15(7)8/h2-4H,1H3. The SMILES string of the molecule is CC(=O)c1cnc2c(C(F)(F)F)ccnn12. The van der Waals surface area contributed by atoms with Gasteiger partial charge >= 0.3 is 6.18 Å². The Balaban J connectivity index is 2.77. The topological polar surface area (TPSA) is 47.3 Å². The number of ketones is 1. The van der Waals surface area contributed by atoms with Gasteiger partial charge in [0.1, 0.15) is 11.3 Å². The van der Waals surface area contributed by atoms with Gasteiger partial charge in [0, 0.05) is 13.1 Å². The van der Waals surface area contributed by atoms with Gasteiger partial charge in [0.15, 0.2) is 11.4 Å². The molecule has 0 aromatic carbocycles. The Morgan fingerprint density at radius 3 is 2.69 bits per heavy atom. The zero-order valence-corrected chi connectivity index (χ0v) is 8.12. The van der Waals surface area contributed by atoms with Crippen LogP contribution in [0.2, 0.25) is 0 Å². The van der Waals surface area contributed by atoms with E-state index < -0.39 is 11.7 Å². The van der Waals surface area contributed by atoms with Crippen molar-refractivity contribution in [2.75, 3.05) is 0 Å². The van der Waals surface area contributed by atoms with Crippen molar-refractivity contribution < 1.29 is 18.0 Å². The Kier molecular flexibility index (Phi) is 2.18. The molecular formula is C9H6F3N3O. The maximum absolute atomic E-state index is 12.6. The summed E-state index contributed by atoms with van der Waals surface area (Å²) < 4.78 is 38.6. The van der Waals surface area contributed by atoms with Crippen LogP contribution in [0.15, 0.2) is 18.5 Å². The van der Waals surface area contributed by atoms with E-state index >= 15 is 0 Å². The smallest absolute Gasteiger partial charge is 0.293 e. The fourth-order valence-corrected chi connectivity index (χ4v) is 1.36. The molecule has 4 nitrogen and oxygen atoms in total. The third kappa shape index (κ3) is 1.54. The van der Waals surface area contributed by atoms with E-state index in [-0.39, 0.29) is 17.1 Å². The lowest BCUT2D eigenvalue weighted by atomic mass is 10.3. The number of fused-ring (bicyclic) bond motifs is 1. The van der Waals surface area contributed by atoms with Gasteiger partial charge in [0.2, 0.25) is 0 Å². The normalized spacial score (nSPS) is 12.0. The predicted molar refractivity (Wildman–Crippen MR) is 48.0 cm³/mol. The second-order valence-corrected chi connectivity index (χ2v) is 3.18. The molecule has 0 fully saturated rings. The van der Waals surface area contributed by atoms with Gasteiger partial charge < -0.3 is 0 Å². The van der Waals surface area contributed by atoms with Crippen molar-refractivity contribution in [3.63, 3.8) is 0 Å². The summed E-state index contributed by atoms with van der Waals surface area (Å²) in [7, 11) is 0. The number of rotatable bonds is 1. The van der Waals surface area contributed by atoms with Gasteiger partial charge in [0.25, 0.3) is 0 Å². The number of carbonyl (C=O) groups excluding carboxylic acids is 1. The largest absolute Gasteiger partial charge is 0.420 e. The molecule has 84 valence electrons. The van der Waals surface area contributed by atoms with E-state index in [1.807, 2.05) is 0 Å². The monoisotopic (exact) mass is 229 g/mol. The highest BCUT2D eigenvalue weighted by Crippen LogP contribution is 2.31. The number of nitrogens with zero attached hydrogens (tertiary/aromatic N) is 3. The first-order chi connectivity index (χ1) is 7.41. The van der Waals surface area contributed by atoms with Crippen molar-refractivity contribution >= 4 is 11.4 Å². The molecule has 16 heavy (non-hydrogen) atoms. The van der Waals surface area contributed by atoms with Crippen LogP contribution in [-0.2, 0) is 6.18 Å². The molecule has 0 atom stereocenters. The molecular weight excluding hydrogens is 223 g/mol. The van der Waals surface area contributed by atoms with E-state index in [0.29, 0.717) is 0 Å². The Morgan fingerprint density at radius 2 is 2.12 bits per heavy atom. The van der Waals surface area contributed by atoms with E-state index in [0.717, 1.165) is 23.0 Å². The van der Waals surface area contributed by atoms with E-state index in [9.17, 15) is 18.0 Å². The fourth-order valence-electron chi connectivity index (χ4n) is 1.36. The average molecular weight is 229 g/mol. The molecule has 2 heterocycles. The summed E-state index contributed by atoms with van der Waals surface area (Å²) in [6, 6.07) is 0.826. The lowest BCUT2D eigenvalue weighted by molar-refractivity contribution is -0.136. The summed E-state index contributed by atoms with van der Waals surface area (Å²) in [4.78, 5) is 14.7. The van der Waals surface area contributed by atoms with Gasteiger partial charge in [-0.15, -0.1) is 0 Å². The van der Waals surface area contributed by atoms with E-state index in [1.165, 1.54) is 6.92 Å². The van der Waals surface area contributed by atoms with Crippen molar-refractivity contribution in [3.8, 4) is 0 Å².